The van der Waals surface area contributed by atoms with Gasteiger partial charge in [0, 0.05) is 41.2 Å². The Hall–Kier alpha value is -2.32. The first-order valence-corrected chi connectivity index (χ1v) is 13.3. The van der Waals surface area contributed by atoms with Crippen molar-refractivity contribution in [3.8, 4) is 11.1 Å². The molecular formula is C27H28ClN3O3S. The minimum Gasteiger partial charge on any atom is -0.369 e. The van der Waals surface area contributed by atoms with Crippen LogP contribution in [0.15, 0.2) is 30.5 Å². The second-order valence-electron chi connectivity index (χ2n) is 10.6. The van der Waals surface area contributed by atoms with Gasteiger partial charge < -0.3 is 10.1 Å². The van der Waals surface area contributed by atoms with Crippen LogP contribution in [0.1, 0.15) is 36.3 Å². The molecule has 6 nitrogen and oxygen atoms in total. The number of halogens is 1. The molecule has 1 aliphatic carbocycles. The molecule has 1 saturated carbocycles. The topological polar surface area (TPSA) is 71.5 Å². The van der Waals surface area contributed by atoms with Gasteiger partial charge in [-0.15, -0.1) is 11.3 Å². The van der Waals surface area contributed by atoms with Gasteiger partial charge in [0.2, 0.25) is 11.8 Å². The molecule has 0 radical (unpaired) electrons. The molecule has 2 amide bonds. The first-order chi connectivity index (χ1) is 16.7. The molecule has 182 valence electrons. The van der Waals surface area contributed by atoms with Crippen LogP contribution >= 0.6 is 22.9 Å². The third-order valence-corrected chi connectivity index (χ3v) is 8.66. The van der Waals surface area contributed by atoms with E-state index in [-0.39, 0.29) is 35.4 Å². The molecule has 0 bridgehead atoms. The van der Waals surface area contributed by atoms with Crippen LogP contribution in [0, 0.1) is 18.8 Å². The van der Waals surface area contributed by atoms with Crippen molar-refractivity contribution in [2.24, 2.45) is 11.8 Å². The molecule has 2 saturated heterocycles. The maximum absolute atomic E-state index is 12.5. The number of thiophene rings is 1. The fourth-order valence-electron chi connectivity index (χ4n) is 5.53. The molecule has 4 heterocycles. The van der Waals surface area contributed by atoms with Crippen molar-refractivity contribution < 1.29 is 14.3 Å². The van der Waals surface area contributed by atoms with Crippen LogP contribution in [-0.2, 0) is 27.3 Å². The van der Waals surface area contributed by atoms with Crippen molar-refractivity contribution in [3.05, 3.63) is 51.5 Å². The number of amides is 2. The number of nitrogens with zero attached hydrogens (tertiary/aromatic N) is 2. The smallest absolute Gasteiger partial charge is 0.233 e. The van der Waals surface area contributed by atoms with Crippen molar-refractivity contribution in [3.63, 3.8) is 0 Å². The van der Waals surface area contributed by atoms with Crippen LogP contribution in [0.3, 0.4) is 0 Å². The summed E-state index contributed by atoms with van der Waals surface area (Å²) in [7, 11) is 0. The number of nitrogens with one attached hydrogen (secondary N) is 1. The average molecular weight is 510 g/mol. The Morgan fingerprint density at radius 2 is 1.97 bits per heavy atom. The number of carbonyl (C=O) groups excluding carboxylic acids is 2. The Morgan fingerprint density at radius 3 is 2.71 bits per heavy atom. The largest absolute Gasteiger partial charge is 0.369 e. The molecule has 3 aliphatic rings. The minimum atomic E-state index is -0.207. The zero-order chi connectivity index (χ0) is 24.5. The molecule has 2 unspecified atom stereocenters. The monoisotopic (exact) mass is 509 g/mol. The number of ether oxygens (including phenoxy) is 1. The molecule has 2 aromatic heterocycles. The van der Waals surface area contributed by atoms with Gasteiger partial charge in [0.05, 0.1) is 40.3 Å². The fraction of sp³-hybridized carbons (Fsp3) is 0.444. The van der Waals surface area contributed by atoms with Gasteiger partial charge in [0.25, 0.3) is 0 Å². The van der Waals surface area contributed by atoms with Gasteiger partial charge in [0.1, 0.15) is 0 Å². The highest BCUT2D eigenvalue weighted by Gasteiger charge is 2.58. The molecule has 6 rings (SSSR count). The van der Waals surface area contributed by atoms with E-state index >= 15 is 0 Å². The molecule has 1 aromatic carbocycles. The number of piperidine rings is 1. The number of morpholine rings is 1. The highest BCUT2D eigenvalue weighted by atomic mass is 35.5. The van der Waals surface area contributed by atoms with Gasteiger partial charge in [-0.3, -0.25) is 19.5 Å². The standard InChI is InChI=1S/C27H28ClN3O3S/c1-14-6-15(28)7-20(19(14)8-16-11-29-13-27(2,3)34-16)18-4-5-30-23-9-17(35-24(18)23)12-31-25(32)21-10-22(21)26(31)33/h4-7,9,16,21-22,29H,8,10-13H2,1-3H3/t16-,21?,22?/m0/s1. The third-order valence-electron chi connectivity index (χ3n) is 7.30. The summed E-state index contributed by atoms with van der Waals surface area (Å²) in [6, 6.07) is 8.07. The second-order valence-corrected chi connectivity index (χ2v) is 12.2. The molecule has 3 aromatic rings. The number of rotatable bonds is 5. The van der Waals surface area contributed by atoms with Crippen LogP contribution in [0.5, 0.6) is 0 Å². The Morgan fingerprint density at radius 1 is 1.20 bits per heavy atom. The predicted molar refractivity (Wildman–Crippen MR) is 137 cm³/mol. The Kier molecular flexibility index (Phi) is 5.53. The fourth-order valence-corrected chi connectivity index (χ4v) is 6.94. The lowest BCUT2D eigenvalue weighted by Gasteiger charge is -2.37. The molecule has 3 fully saturated rings. The highest BCUT2D eigenvalue weighted by Crippen LogP contribution is 2.48. The number of fused-ring (bicyclic) bond motifs is 2. The molecule has 35 heavy (non-hydrogen) atoms. The van der Waals surface area contributed by atoms with Crippen molar-refractivity contribution in [2.75, 3.05) is 13.1 Å². The van der Waals surface area contributed by atoms with Gasteiger partial charge in [-0.05, 0) is 68.1 Å². The summed E-state index contributed by atoms with van der Waals surface area (Å²) >= 11 is 8.14. The lowest BCUT2D eigenvalue weighted by atomic mass is 9.91. The van der Waals surface area contributed by atoms with E-state index in [9.17, 15) is 9.59 Å². The van der Waals surface area contributed by atoms with E-state index in [2.05, 4.69) is 31.1 Å². The van der Waals surface area contributed by atoms with Crippen molar-refractivity contribution >= 4 is 45.0 Å². The lowest BCUT2D eigenvalue weighted by molar-refractivity contribution is -0.141. The first kappa shape index (κ1) is 23.1. The minimum absolute atomic E-state index is 0.0255. The molecular weight excluding hydrogens is 482 g/mol. The number of aryl methyl sites for hydroxylation is 1. The van der Waals surface area contributed by atoms with Crippen LogP contribution in [-0.4, -0.2) is 46.5 Å². The second kappa shape index (κ2) is 8.37. The number of likely N-dealkylation sites (tertiary alicyclic amines) is 1. The Bertz CT molecular complexity index is 1350. The van der Waals surface area contributed by atoms with E-state index in [1.807, 2.05) is 30.5 Å². The van der Waals surface area contributed by atoms with Crippen LogP contribution in [0.2, 0.25) is 5.02 Å². The maximum atomic E-state index is 12.5. The molecule has 3 atom stereocenters. The van der Waals surface area contributed by atoms with Crippen molar-refractivity contribution in [1.29, 1.82) is 0 Å². The molecule has 0 spiro atoms. The van der Waals surface area contributed by atoms with E-state index in [0.29, 0.717) is 11.6 Å². The molecule has 2 aliphatic heterocycles. The quantitative estimate of drug-likeness (QED) is 0.503. The Balaban J connectivity index is 1.37. The van der Waals surface area contributed by atoms with E-state index < -0.39 is 0 Å². The van der Waals surface area contributed by atoms with Crippen LogP contribution < -0.4 is 5.32 Å². The lowest BCUT2D eigenvalue weighted by Crippen LogP contribution is -2.51. The summed E-state index contributed by atoms with van der Waals surface area (Å²) in [5.41, 5.74) is 5.15. The highest BCUT2D eigenvalue weighted by molar-refractivity contribution is 7.19. The number of hydrogen-bond acceptors (Lipinski definition) is 6. The number of imide groups is 1. The van der Waals surface area contributed by atoms with Gasteiger partial charge in [0.15, 0.2) is 0 Å². The summed E-state index contributed by atoms with van der Waals surface area (Å²) in [5, 5.41) is 4.19. The first-order valence-electron chi connectivity index (χ1n) is 12.1. The summed E-state index contributed by atoms with van der Waals surface area (Å²) in [4.78, 5) is 31.9. The number of hydrogen-bond donors (Lipinski definition) is 1. The summed E-state index contributed by atoms with van der Waals surface area (Å²) < 4.78 is 7.42. The Labute approximate surface area is 213 Å². The number of carbonyl (C=O) groups is 2. The van der Waals surface area contributed by atoms with Gasteiger partial charge in [-0.1, -0.05) is 11.6 Å². The third kappa shape index (κ3) is 4.18. The van der Waals surface area contributed by atoms with Gasteiger partial charge in [-0.2, -0.15) is 0 Å². The van der Waals surface area contributed by atoms with Crippen LogP contribution in [0.4, 0.5) is 0 Å². The van der Waals surface area contributed by atoms with Crippen molar-refractivity contribution in [1.82, 2.24) is 15.2 Å². The van der Waals surface area contributed by atoms with E-state index in [1.54, 1.807) is 11.3 Å². The SMILES string of the molecule is Cc1cc(Cl)cc(-c2ccnc3cc(CN4C(=O)C5CC5C4=O)sc23)c1C[C@H]1CNCC(C)(C)O1. The number of aromatic nitrogens is 1. The predicted octanol–water partition coefficient (Wildman–Crippen LogP) is 4.74. The van der Waals surface area contributed by atoms with Crippen LogP contribution in [0.25, 0.3) is 21.3 Å². The normalized spacial score (nSPS) is 25.4. The van der Waals surface area contributed by atoms with E-state index in [1.165, 1.54) is 10.5 Å². The summed E-state index contributed by atoms with van der Waals surface area (Å²) in [5.74, 6) is -0.210. The number of pyridine rings is 1. The number of benzene rings is 1. The van der Waals surface area contributed by atoms with Gasteiger partial charge in [-0.25, -0.2) is 0 Å². The zero-order valence-corrected chi connectivity index (χ0v) is 21.6. The van der Waals surface area contributed by atoms with E-state index in [4.69, 9.17) is 16.3 Å². The van der Waals surface area contributed by atoms with E-state index in [0.717, 1.165) is 57.7 Å². The van der Waals surface area contributed by atoms with Gasteiger partial charge >= 0.3 is 0 Å². The molecule has 1 N–H and O–H groups in total. The molecule has 8 heteroatoms. The summed E-state index contributed by atoms with van der Waals surface area (Å²) in [6.45, 7) is 8.28. The summed E-state index contributed by atoms with van der Waals surface area (Å²) in [6.07, 6.45) is 3.38. The zero-order valence-electron chi connectivity index (χ0n) is 20.1. The van der Waals surface area contributed by atoms with Crippen molar-refractivity contribution in [2.45, 2.75) is 51.9 Å². The average Bonchev–Trinajstić information content (AvgIpc) is 3.43. The maximum Gasteiger partial charge on any atom is 0.233 e.